The molecule has 0 aliphatic heterocycles. The number of hydrogen-bond acceptors (Lipinski definition) is 2. The van der Waals surface area contributed by atoms with Crippen LogP contribution >= 0.6 is 0 Å². The second kappa shape index (κ2) is 2.16. The zero-order chi connectivity index (χ0) is 5.98. The van der Waals surface area contributed by atoms with Gasteiger partial charge in [0.2, 0.25) is 0 Å². The van der Waals surface area contributed by atoms with Crippen LogP contribution in [0.3, 0.4) is 0 Å². The van der Waals surface area contributed by atoms with Crippen molar-refractivity contribution in [3.63, 3.8) is 0 Å². The molecule has 0 saturated heterocycles. The summed E-state index contributed by atoms with van der Waals surface area (Å²) in [4.78, 5) is 10.5. The molecule has 45 valence electrons. The van der Waals surface area contributed by atoms with Crippen LogP contribution in [-0.4, -0.2) is 12.6 Å². The van der Waals surface area contributed by atoms with Crippen molar-refractivity contribution in [3.8, 4) is 0 Å². The Morgan fingerprint density at radius 1 is 1.75 bits per heavy atom. The maximum absolute atomic E-state index is 10.5. The average molecular weight is 113 g/mol. The Bertz CT molecular complexity index is 94.7. The Morgan fingerprint density at radius 2 is 2.38 bits per heavy atom. The molecule has 1 fully saturated rings. The maximum atomic E-state index is 10.5. The molecule has 0 spiro atoms. The maximum Gasteiger partial charge on any atom is 0.313 e. The van der Waals surface area contributed by atoms with Gasteiger partial charge in [0.25, 0.3) is 0 Å². The van der Waals surface area contributed by atoms with Crippen LogP contribution in [-0.2, 0) is 9.53 Å². The quantitative estimate of drug-likeness (QED) is 0.498. The summed E-state index contributed by atoms with van der Waals surface area (Å²) in [5, 5.41) is 0. The summed E-state index contributed by atoms with van der Waals surface area (Å²) >= 11 is 0. The number of esters is 1. The Morgan fingerprint density at radius 3 is 2.75 bits per heavy atom. The highest BCUT2D eigenvalue weighted by molar-refractivity contribution is 5.88. The van der Waals surface area contributed by atoms with Gasteiger partial charge in [-0.15, -0.1) is 0 Å². The van der Waals surface area contributed by atoms with Gasteiger partial charge in [0.05, 0.1) is 12.5 Å². The number of rotatable bonds is 2. The van der Waals surface area contributed by atoms with Crippen molar-refractivity contribution in [1.29, 1.82) is 0 Å². The molecule has 0 N–H and O–H groups in total. The summed E-state index contributed by atoms with van der Waals surface area (Å²) in [6.45, 7) is 2.32. The molecule has 1 saturated carbocycles. The first-order chi connectivity index (χ1) is 3.84. The molecule has 0 bridgehead atoms. The van der Waals surface area contributed by atoms with Gasteiger partial charge in [-0.1, -0.05) is 0 Å². The molecule has 1 aliphatic carbocycles. The highest BCUT2D eigenvalue weighted by atomic mass is 16.5. The van der Waals surface area contributed by atoms with E-state index in [0.29, 0.717) is 6.61 Å². The van der Waals surface area contributed by atoms with Gasteiger partial charge in [-0.25, -0.2) is 0 Å². The van der Waals surface area contributed by atoms with Crippen LogP contribution in [0.15, 0.2) is 0 Å². The van der Waals surface area contributed by atoms with Crippen LogP contribution in [0, 0.1) is 5.92 Å². The van der Waals surface area contributed by atoms with E-state index in [9.17, 15) is 4.79 Å². The smallest absolute Gasteiger partial charge is 0.313 e. The summed E-state index contributed by atoms with van der Waals surface area (Å²) in [5.74, 6) is 0.861. The molecule has 0 aromatic carbocycles. The fraction of sp³-hybridized carbons (Fsp3) is 0.667. The van der Waals surface area contributed by atoms with Crippen LogP contribution < -0.4 is 0 Å². The van der Waals surface area contributed by atoms with Crippen molar-refractivity contribution in [2.75, 3.05) is 6.61 Å². The number of carbonyl (C=O) groups excluding carboxylic acids is 1. The van der Waals surface area contributed by atoms with Crippen LogP contribution in [0.2, 0.25) is 0 Å². The molecule has 1 radical (unpaired) electrons. The summed E-state index contributed by atoms with van der Waals surface area (Å²) < 4.78 is 4.69. The van der Waals surface area contributed by atoms with Crippen molar-refractivity contribution in [3.05, 3.63) is 5.92 Å². The van der Waals surface area contributed by atoms with Gasteiger partial charge < -0.3 is 4.74 Å². The van der Waals surface area contributed by atoms with Crippen molar-refractivity contribution in [1.82, 2.24) is 0 Å². The van der Waals surface area contributed by atoms with E-state index < -0.39 is 0 Å². The van der Waals surface area contributed by atoms with Crippen molar-refractivity contribution >= 4 is 5.97 Å². The van der Waals surface area contributed by atoms with Gasteiger partial charge in [-0.3, -0.25) is 4.79 Å². The highest BCUT2D eigenvalue weighted by Gasteiger charge is 2.31. The zero-order valence-electron chi connectivity index (χ0n) is 4.94. The predicted molar refractivity (Wildman–Crippen MR) is 29.1 cm³/mol. The van der Waals surface area contributed by atoms with Gasteiger partial charge >= 0.3 is 5.97 Å². The summed E-state index contributed by atoms with van der Waals surface area (Å²) in [7, 11) is 0. The van der Waals surface area contributed by atoms with E-state index in [-0.39, 0.29) is 5.97 Å². The second-order valence-electron chi connectivity index (χ2n) is 1.82. The van der Waals surface area contributed by atoms with E-state index in [1.165, 1.54) is 0 Å². The molecule has 1 rings (SSSR count). The standard InChI is InChI=1S/C6H9O2/c1-2-8-6(7)5-3-4-5/h2-4H2,1H3. The lowest BCUT2D eigenvalue weighted by Crippen LogP contribution is -2.03. The van der Waals surface area contributed by atoms with E-state index in [0.717, 1.165) is 18.8 Å². The minimum absolute atomic E-state index is 0.0903. The van der Waals surface area contributed by atoms with Crippen molar-refractivity contribution in [2.45, 2.75) is 19.8 Å². The summed E-state index contributed by atoms with van der Waals surface area (Å²) in [6, 6.07) is 0. The molecule has 2 nitrogen and oxygen atoms in total. The number of hydrogen-bond donors (Lipinski definition) is 0. The molecule has 8 heavy (non-hydrogen) atoms. The largest absolute Gasteiger partial charge is 0.466 e. The predicted octanol–water partition coefficient (Wildman–Crippen LogP) is 0.918. The molecule has 2 heteroatoms. The lowest BCUT2D eigenvalue weighted by Gasteiger charge is -1.95. The number of ether oxygens (including phenoxy) is 1. The topological polar surface area (TPSA) is 26.3 Å². The van der Waals surface area contributed by atoms with Crippen LogP contribution in [0.5, 0.6) is 0 Å². The first-order valence-electron chi connectivity index (χ1n) is 2.86. The molecule has 0 aromatic heterocycles. The lowest BCUT2D eigenvalue weighted by atomic mass is 10.4. The Kier molecular flexibility index (Phi) is 1.51. The van der Waals surface area contributed by atoms with E-state index >= 15 is 0 Å². The van der Waals surface area contributed by atoms with Gasteiger partial charge in [0, 0.05) is 0 Å². The number of carbonyl (C=O) groups is 1. The Hall–Kier alpha value is -0.530. The molecule has 0 aromatic rings. The molecule has 1 aliphatic rings. The average Bonchev–Trinajstić information content (AvgIpc) is 2.45. The Labute approximate surface area is 48.8 Å². The normalized spacial score (nSPS) is 18.1. The summed E-state index contributed by atoms with van der Waals surface area (Å²) in [5.41, 5.74) is 0. The van der Waals surface area contributed by atoms with E-state index in [4.69, 9.17) is 0 Å². The van der Waals surface area contributed by atoms with Gasteiger partial charge in [-0.05, 0) is 19.8 Å². The van der Waals surface area contributed by atoms with E-state index in [1.54, 1.807) is 0 Å². The third-order valence-corrected chi connectivity index (χ3v) is 1.06. The third-order valence-electron chi connectivity index (χ3n) is 1.06. The molecular formula is C6H9O2. The molecule has 0 heterocycles. The van der Waals surface area contributed by atoms with Crippen LogP contribution in [0.25, 0.3) is 0 Å². The minimum Gasteiger partial charge on any atom is -0.466 e. The van der Waals surface area contributed by atoms with Crippen LogP contribution in [0.1, 0.15) is 19.8 Å². The minimum atomic E-state index is -0.0903. The fourth-order valence-corrected chi connectivity index (χ4v) is 0.500. The summed E-state index contributed by atoms with van der Waals surface area (Å²) in [6.07, 6.45) is 1.91. The third kappa shape index (κ3) is 1.22. The fourth-order valence-electron chi connectivity index (χ4n) is 0.500. The van der Waals surface area contributed by atoms with Gasteiger partial charge in [0.15, 0.2) is 0 Å². The molecule has 0 unspecified atom stereocenters. The van der Waals surface area contributed by atoms with E-state index in [1.807, 2.05) is 6.92 Å². The van der Waals surface area contributed by atoms with Crippen molar-refractivity contribution < 1.29 is 9.53 Å². The van der Waals surface area contributed by atoms with Crippen LogP contribution in [0.4, 0.5) is 0 Å². The monoisotopic (exact) mass is 113 g/mol. The van der Waals surface area contributed by atoms with Crippen molar-refractivity contribution in [2.24, 2.45) is 0 Å². The van der Waals surface area contributed by atoms with Gasteiger partial charge in [-0.2, -0.15) is 0 Å². The first kappa shape index (κ1) is 5.60. The first-order valence-corrected chi connectivity index (χ1v) is 2.86. The molecule has 0 amide bonds. The zero-order valence-corrected chi connectivity index (χ0v) is 4.94. The second-order valence-corrected chi connectivity index (χ2v) is 1.82. The lowest BCUT2D eigenvalue weighted by molar-refractivity contribution is -0.139. The SMILES string of the molecule is CCOC(=O)[C]1CC1. The Balaban J connectivity index is 2.13. The van der Waals surface area contributed by atoms with E-state index in [2.05, 4.69) is 4.74 Å². The highest BCUT2D eigenvalue weighted by Crippen LogP contribution is 2.32. The van der Waals surface area contributed by atoms with Gasteiger partial charge in [0.1, 0.15) is 0 Å². The molecular weight excluding hydrogens is 104 g/mol. The molecule has 0 atom stereocenters.